The zero-order chi connectivity index (χ0) is 20.1. The van der Waals surface area contributed by atoms with Crippen molar-refractivity contribution in [2.75, 3.05) is 20.8 Å². The van der Waals surface area contributed by atoms with Crippen LogP contribution in [-0.2, 0) is 9.53 Å². The van der Waals surface area contributed by atoms with Gasteiger partial charge in [-0.25, -0.2) is 9.59 Å². The minimum Gasteiger partial charge on any atom is -0.493 e. The highest BCUT2D eigenvalue weighted by atomic mass is 16.5. The molecule has 0 spiro atoms. The molecule has 0 fully saturated rings. The Hall–Kier alpha value is -2.70. The van der Waals surface area contributed by atoms with E-state index in [1.54, 1.807) is 19.2 Å². The van der Waals surface area contributed by atoms with Crippen molar-refractivity contribution in [2.24, 2.45) is 11.8 Å². The van der Waals surface area contributed by atoms with Crippen LogP contribution in [0.4, 0.5) is 4.79 Å². The minimum atomic E-state index is -0.642. The smallest absolute Gasteiger partial charge is 0.337 e. The van der Waals surface area contributed by atoms with E-state index in [9.17, 15) is 9.59 Å². The summed E-state index contributed by atoms with van der Waals surface area (Å²) in [6.07, 6.45) is 0. The molecule has 2 rings (SSSR count). The van der Waals surface area contributed by atoms with Gasteiger partial charge in [0, 0.05) is 5.70 Å². The standard InChI is InChI=1S/C20H28N2O5/c1-11(2)10-27-14-8-7-13(9-15(14)25-5)18-16(19(23)26-6)17(12(3)4)21-20(24)22-18/h7-9,11-12,18H,10H2,1-6H3,(H2,21,22,24). The van der Waals surface area contributed by atoms with Gasteiger partial charge in [-0.05, 0) is 29.5 Å². The van der Waals surface area contributed by atoms with E-state index >= 15 is 0 Å². The number of esters is 1. The van der Waals surface area contributed by atoms with Crippen molar-refractivity contribution in [1.82, 2.24) is 10.6 Å². The Balaban J connectivity index is 2.48. The zero-order valence-electron chi connectivity index (χ0n) is 16.7. The molecule has 2 N–H and O–H groups in total. The molecule has 7 nitrogen and oxygen atoms in total. The molecule has 0 aliphatic carbocycles. The van der Waals surface area contributed by atoms with Crippen molar-refractivity contribution in [3.8, 4) is 11.5 Å². The van der Waals surface area contributed by atoms with E-state index in [4.69, 9.17) is 14.2 Å². The van der Waals surface area contributed by atoms with E-state index in [1.165, 1.54) is 7.11 Å². The zero-order valence-corrected chi connectivity index (χ0v) is 16.7. The van der Waals surface area contributed by atoms with Gasteiger partial charge in [0.05, 0.1) is 32.4 Å². The summed E-state index contributed by atoms with van der Waals surface area (Å²) in [5.74, 6) is 0.984. The van der Waals surface area contributed by atoms with Gasteiger partial charge in [0.15, 0.2) is 11.5 Å². The third kappa shape index (κ3) is 4.72. The van der Waals surface area contributed by atoms with Crippen molar-refractivity contribution >= 4 is 12.0 Å². The van der Waals surface area contributed by atoms with Gasteiger partial charge in [0.2, 0.25) is 0 Å². The van der Waals surface area contributed by atoms with Crippen LogP contribution in [0.15, 0.2) is 29.5 Å². The fraction of sp³-hybridized carbons (Fsp3) is 0.500. The molecule has 148 valence electrons. The van der Waals surface area contributed by atoms with E-state index < -0.39 is 12.0 Å². The summed E-state index contributed by atoms with van der Waals surface area (Å²) in [5.41, 5.74) is 1.64. The first-order chi connectivity index (χ1) is 12.8. The minimum absolute atomic E-state index is 0.0526. The largest absolute Gasteiger partial charge is 0.493 e. The van der Waals surface area contributed by atoms with E-state index in [0.29, 0.717) is 40.9 Å². The predicted molar refractivity (Wildman–Crippen MR) is 102 cm³/mol. The monoisotopic (exact) mass is 376 g/mol. The number of amides is 2. The second-order valence-corrected chi connectivity index (χ2v) is 7.12. The Morgan fingerprint density at radius 3 is 2.41 bits per heavy atom. The second-order valence-electron chi connectivity index (χ2n) is 7.12. The van der Waals surface area contributed by atoms with Crippen molar-refractivity contribution in [2.45, 2.75) is 33.7 Å². The summed E-state index contributed by atoms with van der Waals surface area (Å²) in [6.45, 7) is 8.50. The first-order valence-electron chi connectivity index (χ1n) is 8.99. The quantitative estimate of drug-likeness (QED) is 0.714. The average Bonchev–Trinajstić information content (AvgIpc) is 2.64. The summed E-state index contributed by atoms with van der Waals surface area (Å²) >= 11 is 0. The highest BCUT2D eigenvalue weighted by Gasteiger charge is 2.34. The molecule has 27 heavy (non-hydrogen) atoms. The van der Waals surface area contributed by atoms with Crippen LogP contribution in [0, 0.1) is 11.8 Å². The van der Waals surface area contributed by atoms with Gasteiger partial charge in [-0.3, -0.25) is 0 Å². The molecule has 1 aromatic carbocycles. The van der Waals surface area contributed by atoms with E-state index in [-0.39, 0.29) is 11.9 Å². The number of hydrogen-bond acceptors (Lipinski definition) is 5. The first kappa shape index (κ1) is 20.6. The van der Waals surface area contributed by atoms with Crippen LogP contribution >= 0.6 is 0 Å². The lowest BCUT2D eigenvalue weighted by atomic mass is 9.91. The molecular formula is C20H28N2O5. The maximum absolute atomic E-state index is 12.4. The highest BCUT2D eigenvalue weighted by molar-refractivity contribution is 5.95. The molecule has 1 heterocycles. The molecule has 0 bridgehead atoms. The molecule has 0 radical (unpaired) electrons. The van der Waals surface area contributed by atoms with Gasteiger partial charge in [-0.1, -0.05) is 33.8 Å². The number of benzene rings is 1. The lowest BCUT2D eigenvalue weighted by molar-refractivity contribution is -0.136. The summed E-state index contributed by atoms with van der Waals surface area (Å²) in [6, 6.07) is 4.36. The molecule has 1 unspecified atom stereocenters. The van der Waals surface area contributed by atoms with Crippen molar-refractivity contribution in [3.63, 3.8) is 0 Å². The van der Waals surface area contributed by atoms with E-state index in [0.717, 1.165) is 0 Å². The fourth-order valence-corrected chi connectivity index (χ4v) is 2.87. The van der Waals surface area contributed by atoms with Crippen LogP contribution in [0.3, 0.4) is 0 Å². The number of hydrogen-bond donors (Lipinski definition) is 2. The van der Waals surface area contributed by atoms with Gasteiger partial charge in [-0.2, -0.15) is 0 Å². The normalized spacial score (nSPS) is 16.9. The molecule has 0 saturated carbocycles. The summed E-state index contributed by atoms with van der Waals surface area (Å²) in [4.78, 5) is 24.6. The second kappa shape index (κ2) is 8.79. The summed E-state index contributed by atoms with van der Waals surface area (Å²) < 4.78 is 16.2. The number of urea groups is 1. The number of rotatable bonds is 7. The topological polar surface area (TPSA) is 85.9 Å². The maximum atomic E-state index is 12.4. The van der Waals surface area contributed by atoms with Crippen LogP contribution in [0.2, 0.25) is 0 Å². The fourth-order valence-electron chi connectivity index (χ4n) is 2.87. The summed E-state index contributed by atoms with van der Waals surface area (Å²) in [5, 5.41) is 5.53. The Morgan fingerprint density at radius 2 is 1.85 bits per heavy atom. The lowest BCUT2D eigenvalue weighted by Gasteiger charge is -2.31. The third-order valence-electron chi connectivity index (χ3n) is 4.18. The Bertz CT molecular complexity index is 740. The molecule has 1 atom stereocenters. The Kier molecular flexibility index (Phi) is 6.71. The summed E-state index contributed by atoms with van der Waals surface area (Å²) in [7, 11) is 2.88. The molecule has 1 aliphatic rings. The van der Waals surface area contributed by atoms with Gasteiger partial charge >= 0.3 is 12.0 Å². The van der Waals surface area contributed by atoms with Crippen LogP contribution in [0.25, 0.3) is 0 Å². The first-order valence-corrected chi connectivity index (χ1v) is 8.99. The molecule has 2 amide bonds. The number of allylic oxidation sites excluding steroid dienone is 1. The Labute approximate surface area is 160 Å². The van der Waals surface area contributed by atoms with Crippen molar-refractivity contribution in [1.29, 1.82) is 0 Å². The van der Waals surface area contributed by atoms with E-state index in [2.05, 4.69) is 24.5 Å². The molecular weight excluding hydrogens is 348 g/mol. The number of carbonyl (C=O) groups excluding carboxylic acids is 2. The van der Waals surface area contributed by atoms with Crippen LogP contribution in [-0.4, -0.2) is 32.8 Å². The molecule has 1 aromatic rings. The molecule has 0 aromatic heterocycles. The predicted octanol–water partition coefficient (Wildman–Crippen LogP) is 3.17. The molecule has 7 heteroatoms. The lowest BCUT2D eigenvalue weighted by Crippen LogP contribution is -2.47. The average molecular weight is 376 g/mol. The van der Waals surface area contributed by atoms with Gasteiger partial charge < -0.3 is 24.8 Å². The van der Waals surface area contributed by atoms with E-state index in [1.807, 2.05) is 19.9 Å². The number of nitrogens with one attached hydrogen (secondary N) is 2. The van der Waals surface area contributed by atoms with Gasteiger partial charge in [0.1, 0.15) is 0 Å². The van der Waals surface area contributed by atoms with Gasteiger partial charge in [0.25, 0.3) is 0 Å². The SMILES string of the molecule is COC(=O)C1=C(C(C)C)NC(=O)NC1c1ccc(OCC(C)C)c(OC)c1. The van der Waals surface area contributed by atoms with Crippen molar-refractivity contribution in [3.05, 3.63) is 35.0 Å². The molecule has 1 aliphatic heterocycles. The van der Waals surface area contributed by atoms with Gasteiger partial charge in [-0.15, -0.1) is 0 Å². The third-order valence-corrected chi connectivity index (χ3v) is 4.18. The van der Waals surface area contributed by atoms with Crippen molar-refractivity contribution < 1.29 is 23.8 Å². The highest BCUT2D eigenvalue weighted by Crippen LogP contribution is 2.35. The number of carbonyl (C=O) groups is 2. The van der Waals surface area contributed by atoms with Crippen LogP contribution in [0.1, 0.15) is 39.3 Å². The Morgan fingerprint density at radius 1 is 1.15 bits per heavy atom. The maximum Gasteiger partial charge on any atom is 0.337 e. The number of methoxy groups -OCH3 is 2. The number of ether oxygens (including phenoxy) is 3. The molecule has 0 saturated heterocycles. The van der Waals surface area contributed by atoms with Crippen LogP contribution in [0.5, 0.6) is 11.5 Å². The van der Waals surface area contributed by atoms with Crippen LogP contribution < -0.4 is 20.1 Å².